The summed E-state index contributed by atoms with van der Waals surface area (Å²) < 4.78 is 52.2. The first kappa shape index (κ1) is 29.3. The molecule has 7 nitrogen and oxygen atoms in total. The first-order valence-electron chi connectivity index (χ1n) is 14.6. The number of benzene rings is 1. The number of hydrogen-bond acceptors (Lipinski definition) is 7. The highest BCUT2D eigenvalue weighted by Crippen LogP contribution is 2.72. The van der Waals surface area contributed by atoms with E-state index in [1.807, 2.05) is 0 Å². The number of aliphatic hydroxyl groups is 1. The predicted octanol–water partition coefficient (Wildman–Crippen LogP) is 4.38. The van der Waals surface area contributed by atoms with Crippen LogP contribution in [0.3, 0.4) is 0 Å². The molecule has 10 heteroatoms. The minimum absolute atomic E-state index is 0.0357. The van der Waals surface area contributed by atoms with Gasteiger partial charge in [0.1, 0.15) is 12.0 Å². The lowest BCUT2D eigenvalue weighted by Crippen LogP contribution is -2.70. The number of alkyl halides is 2. The van der Waals surface area contributed by atoms with E-state index in [1.165, 1.54) is 31.2 Å². The maximum absolute atomic E-state index is 17.6. The number of allylic oxidation sites excluding steroid dienone is 4. The van der Waals surface area contributed by atoms with Crippen molar-refractivity contribution < 1.29 is 42.2 Å². The zero-order chi connectivity index (χ0) is 30.2. The largest absolute Gasteiger partial charge is 0.458 e. The topological polar surface area (TPSA) is 93.1 Å². The summed E-state index contributed by atoms with van der Waals surface area (Å²) in [6.45, 7) is 4.94. The number of hydroxylamine groups is 2. The molecule has 42 heavy (non-hydrogen) atoms. The lowest BCUT2D eigenvalue weighted by atomic mass is 9.44. The number of nitrogens with zero attached hydrogens (tertiary/aromatic N) is 1. The van der Waals surface area contributed by atoms with Gasteiger partial charge in [-0.2, -0.15) is 5.06 Å². The van der Waals surface area contributed by atoms with Crippen molar-refractivity contribution in [3.63, 3.8) is 0 Å². The molecule has 4 aliphatic carbocycles. The third-order valence-corrected chi connectivity index (χ3v) is 11.0. The maximum atomic E-state index is 17.6. The summed E-state index contributed by atoms with van der Waals surface area (Å²) in [5.74, 6) is -3.81. The van der Waals surface area contributed by atoms with Gasteiger partial charge in [0, 0.05) is 42.2 Å². The summed E-state index contributed by atoms with van der Waals surface area (Å²) in [7, 11) is 0. The second kappa shape index (κ2) is 9.86. The van der Waals surface area contributed by atoms with E-state index < -0.39 is 76.3 Å². The smallest absolute Gasteiger partial charge is 0.305 e. The van der Waals surface area contributed by atoms with E-state index in [1.54, 1.807) is 31.0 Å². The van der Waals surface area contributed by atoms with Crippen molar-refractivity contribution in [1.29, 1.82) is 0 Å². The molecule has 0 radical (unpaired) electrons. The van der Waals surface area contributed by atoms with Crippen molar-refractivity contribution >= 4 is 17.5 Å². The van der Waals surface area contributed by atoms with Gasteiger partial charge in [-0.25, -0.2) is 13.2 Å². The number of rotatable bonds is 6. The van der Waals surface area contributed by atoms with Gasteiger partial charge in [0.05, 0.1) is 6.10 Å². The first-order valence-corrected chi connectivity index (χ1v) is 14.6. The van der Waals surface area contributed by atoms with Gasteiger partial charge in [-0.3, -0.25) is 19.2 Å². The summed E-state index contributed by atoms with van der Waals surface area (Å²) in [4.78, 5) is 44.8. The van der Waals surface area contributed by atoms with Gasteiger partial charge in [0.15, 0.2) is 23.7 Å². The van der Waals surface area contributed by atoms with Crippen LogP contribution in [0.4, 0.5) is 13.2 Å². The molecule has 3 saturated carbocycles. The average Bonchev–Trinajstić information content (AvgIpc) is 3.43. The molecule has 9 atom stereocenters. The molecule has 226 valence electrons. The van der Waals surface area contributed by atoms with Gasteiger partial charge in [-0.05, 0) is 67.5 Å². The molecular weight excluding hydrogens is 551 g/mol. The molecule has 1 N–H and O–H groups in total. The molecular formula is C32H36F3NO6. The lowest BCUT2D eigenvalue weighted by molar-refractivity contribution is -0.269. The van der Waals surface area contributed by atoms with E-state index in [0.717, 1.165) is 11.6 Å². The SMILES string of the molecule is CCC(=O)OCC(=O)[C@@]12ON(Cc3ccc(F)cc3)C[C@@H]1CC1[C@@H]3C[C@H](F)C4=CC(=O)C=C[C@]4(C)[C@@]3(F)[C@@H](O)C[C@@]12C. The fraction of sp³-hybridized carbons (Fsp3) is 0.594. The maximum Gasteiger partial charge on any atom is 0.305 e. The van der Waals surface area contributed by atoms with E-state index >= 15 is 8.78 Å². The normalized spacial score (nSPS) is 42.3. The molecule has 0 amide bonds. The van der Waals surface area contributed by atoms with Gasteiger partial charge in [-0.1, -0.05) is 32.1 Å². The lowest BCUT2D eigenvalue weighted by Gasteiger charge is -2.63. The van der Waals surface area contributed by atoms with Gasteiger partial charge in [0.25, 0.3) is 0 Å². The van der Waals surface area contributed by atoms with Crippen LogP contribution in [0.15, 0.2) is 48.1 Å². The second-order valence-electron chi connectivity index (χ2n) is 13.0. The Kier molecular flexibility index (Phi) is 6.87. The minimum atomic E-state index is -2.28. The fourth-order valence-corrected chi connectivity index (χ4v) is 9.06. The number of carbonyl (C=O) groups excluding carboxylic acids is 3. The Hall–Kier alpha value is -2.82. The second-order valence-corrected chi connectivity index (χ2v) is 13.0. The van der Waals surface area contributed by atoms with Crippen molar-refractivity contribution in [3.05, 3.63) is 59.4 Å². The number of hydrogen-bond donors (Lipinski definition) is 1. The Labute approximate surface area is 242 Å². The molecule has 1 aromatic carbocycles. The van der Waals surface area contributed by atoms with Gasteiger partial charge in [-0.15, -0.1) is 0 Å². The number of carbonyl (C=O) groups is 3. The predicted molar refractivity (Wildman–Crippen MR) is 144 cm³/mol. The molecule has 0 bridgehead atoms. The van der Waals surface area contributed by atoms with E-state index in [9.17, 15) is 23.9 Å². The molecule has 5 aliphatic rings. The first-order chi connectivity index (χ1) is 19.8. The highest BCUT2D eigenvalue weighted by molar-refractivity contribution is 6.01. The number of ketones is 2. The van der Waals surface area contributed by atoms with Crippen molar-refractivity contribution in [2.24, 2.45) is 28.6 Å². The Morgan fingerprint density at radius 1 is 1.17 bits per heavy atom. The summed E-state index contributed by atoms with van der Waals surface area (Å²) in [6, 6.07) is 5.91. The third-order valence-electron chi connectivity index (χ3n) is 11.0. The number of esters is 1. The van der Waals surface area contributed by atoms with Crippen LogP contribution in [-0.4, -0.2) is 64.4 Å². The van der Waals surface area contributed by atoms with Crippen molar-refractivity contribution in [2.75, 3.05) is 13.2 Å². The van der Waals surface area contributed by atoms with Crippen LogP contribution in [0, 0.1) is 34.4 Å². The molecule has 1 saturated heterocycles. The molecule has 1 unspecified atom stereocenters. The van der Waals surface area contributed by atoms with E-state index in [2.05, 4.69) is 0 Å². The van der Waals surface area contributed by atoms with Gasteiger partial charge < -0.3 is 9.84 Å². The highest BCUT2D eigenvalue weighted by Gasteiger charge is 2.79. The molecule has 4 fully saturated rings. The van der Waals surface area contributed by atoms with Crippen LogP contribution in [0.1, 0.15) is 52.0 Å². The summed E-state index contributed by atoms with van der Waals surface area (Å²) in [5.41, 5.74) is -5.72. The Bertz CT molecular complexity index is 1380. The van der Waals surface area contributed by atoms with Gasteiger partial charge >= 0.3 is 5.97 Å². The zero-order valence-corrected chi connectivity index (χ0v) is 23.9. The van der Waals surface area contributed by atoms with Crippen LogP contribution in [0.5, 0.6) is 0 Å². The minimum Gasteiger partial charge on any atom is -0.458 e. The van der Waals surface area contributed by atoms with Crippen LogP contribution in [0.25, 0.3) is 0 Å². The van der Waals surface area contributed by atoms with E-state index in [-0.39, 0.29) is 43.7 Å². The Morgan fingerprint density at radius 3 is 2.57 bits per heavy atom. The number of Topliss-reactive ketones (excluding diaryl/α,β-unsaturated/α-hetero) is 1. The molecule has 0 spiro atoms. The van der Waals surface area contributed by atoms with Crippen LogP contribution >= 0.6 is 0 Å². The van der Waals surface area contributed by atoms with E-state index in [0.29, 0.717) is 6.42 Å². The Balaban J connectivity index is 1.39. The van der Waals surface area contributed by atoms with Crippen LogP contribution in [-0.2, 0) is 30.5 Å². The third kappa shape index (κ3) is 3.87. The summed E-state index contributed by atoms with van der Waals surface area (Å²) in [5, 5.41) is 13.3. The number of aliphatic hydroxyl groups excluding tert-OH is 1. The molecule has 0 aromatic heterocycles. The average molecular weight is 588 g/mol. The number of fused-ring (bicyclic) bond motifs is 7. The molecule has 1 aromatic rings. The Morgan fingerprint density at radius 2 is 1.88 bits per heavy atom. The quantitative estimate of drug-likeness (QED) is 0.494. The highest BCUT2D eigenvalue weighted by atomic mass is 19.1. The monoisotopic (exact) mass is 587 g/mol. The van der Waals surface area contributed by atoms with E-state index in [4.69, 9.17) is 9.57 Å². The van der Waals surface area contributed by atoms with Crippen molar-refractivity contribution in [1.82, 2.24) is 5.06 Å². The van der Waals surface area contributed by atoms with Crippen LogP contribution in [0.2, 0.25) is 0 Å². The van der Waals surface area contributed by atoms with Gasteiger partial charge in [0.2, 0.25) is 5.78 Å². The number of ether oxygens (including phenoxy) is 1. The van der Waals surface area contributed by atoms with Crippen molar-refractivity contribution in [2.45, 2.75) is 76.5 Å². The number of halogens is 3. The fourth-order valence-electron chi connectivity index (χ4n) is 9.06. The zero-order valence-electron chi connectivity index (χ0n) is 23.9. The summed E-state index contributed by atoms with van der Waals surface area (Å²) in [6.07, 6.45) is 0.587. The molecule has 6 rings (SSSR count). The standard InChI is InChI=1S/C32H36F3NO6/c1-4-28(40)41-17-27(39)32-19(16-36(42-32)15-18-5-7-20(33)8-6-18)11-22-23-13-25(34)24-12-21(37)9-10-29(24,2)31(23,35)26(38)14-30(22,32)3/h5-10,12,19,22-23,25-26,38H,4,11,13-17H2,1-3H3/t19-,22?,23-,25-,26-,29-,30-,31-,32-/m0/s1. The summed E-state index contributed by atoms with van der Waals surface area (Å²) >= 11 is 0. The molecule has 1 heterocycles. The van der Waals surface area contributed by atoms with Crippen LogP contribution < -0.4 is 0 Å². The molecule has 1 aliphatic heterocycles. The van der Waals surface area contributed by atoms with Crippen molar-refractivity contribution in [3.8, 4) is 0 Å².